The second-order valence-corrected chi connectivity index (χ2v) is 4.73. The van der Waals surface area contributed by atoms with E-state index in [1.165, 1.54) is 5.56 Å². The topological polar surface area (TPSA) is 29.5 Å². The lowest BCUT2D eigenvalue weighted by atomic mass is 10.1. The van der Waals surface area contributed by atoms with E-state index in [9.17, 15) is 5.11 Å². The molecule has 0 aromatic heterocycles. The summed E-state index contributed by atoms with van der Waals surface area (Å²) in [6, 6.07) is 10.2. The largest absolute Gasteiger partial charge is 0.389 e. The summed E-state index contributed by atoms with van der Waals surface area (Å²) in [4.78, 5) is 0. The summed E-state index contributed by atoms with van der Waals surface area (Å²) in [6.07, 6.45) is 8.05. The number of benzene rings is 1. The van der Waals surface area contributed by atoms with Gasteiger partial charge in [0.2, 0.25) is 0 Å². The van der Waals surface area contributed by atoms with Crippen LogP contribution >= 0.6 is 0 Å². The van der Waals surface area contributed by atoms with Crippen LogP contribution in [0.25, 0.3) is 0 Å². The minimum Gasteiger partial charge on any atom is -0.389 e. The quantitative estimate of drug-likeness (QED) is 0.722. The van der Waals surface area contributed by atoms with E-state index in [-0.39, 0.29) is 6.10 Å². The molecule has 0 aliphatic heterocycles. The number of hydrogen-bond acceptors (Lipinski definition) is 2. The summed E-state index contributed by atoms with van der Waals surface area (Å²) in [5.74, 6) is 0.363. The molecule has 1 N–H and O–H groups in total. The molecule has 2 nitrogen and oxygen atoms in total. The fourth-order valence-corrected chi connectivity index (χ4v) is 1.74. The van der Waals surface area contributed by atoms with Gasteiger partial charge in [0.05, 0.1) is 19.3 Å². The third-order valence-electron chi connectivity index (χ3n) is 2.75. The van der Waals surface area contributed by atoms with Crippen LogP contribution in [0.3, 0.4) is 0 Å². The van der Waals surface area contributed by atoms with E-state index in [1.807, 2.05) is 37.3 Å². The van der Waals surface area contributed by atoms with Gasteiger partial charge in [-0.3, -0.25) is 0 Å². The molecule has 0 saturated heterocycles. The highest BCUT2D eigenvalue weighted by atomic mass is 16.5. The Morgan fingerprint density at radius 3 is 2.63 bits per heavy atom. The number of rotatable bonds is 8. The first-order valence-electron chi connectivity index (χ1n) is 6.81. The van der Waals surface area contributed by atoms with Crippen LogP contribution in [0.2, 0.25) is 0 Å². The first-order chi connectivity index (χ1) is 9.22. The van der Waals surface area contributed by atoms with Gasteiger partial charge in [-0.15, -0.1) is 0 Å². The van der Waals surface area contributed by atoms with Crippen LogP contribution in [0, 0.1) is 5.92 Å². The molecule has 104 valence electrons. The molecule has 0 saturated carbocycles. The average molecular weight is 260 g/mol. The van der Waals surface area contributed by atoms with Crippen molar-refractivity contribution in [2.75, 3.05) is 6.61 Å². The minimum atomic E-state index is -0.376. The Kier molecular flexibility index (Phi) is 7.87. The predicted molar refractivity (Wildman–Crippen MR) is 79.8 cm³/mol. The second-order valence-electron chi connectivity index (χ2n) is 4.73. The van der Waals surface area contributed by atoms with Crippen LogP contribution in [-0.2, 0) is 11.3 Å². The van der Waals surface area contributed by atoms with Crippen molar-refractivity contribution in [1.29, 1.82) is 0 Å². The summed E-state index contributed by atoms with van der Waals surface area (Å²) < 4.78 is 5.66. The summed E-state index contributed by atoms with van der Waals surface area (Å²) >= 11 is 0. The molecule has 2 atom stereocenters. The molecule has 2 heteroatoms. The van der Waals surface area contributed by atoms with Crippen molar-refractivity contribution in [2.45, 2.75) is 33.0 Å². The van der Waals surface area contributed by atoms with E-state index < -0.39 is 0 Å². The molecule has 0 aliphatic rings. The maximum absolute atomic E-state index is 9.52. The highest BCUT2D eigenvalue weighted by Crippen LogP contribution is 2.05. The zero-order chi connectivity index (χ0) is 13.9. The van der Waals surface area contributed by atoms with Crippen molar-refractivity contribution in [2.24, 2.45) is 5.92 Å². The molecule has 0 unspecified atom stereocenters. The van der Waals surface area contributed by atoms with Crippen LogP contribution in [-0.4, -0.2) is 17.8 Å². The third-order valence-corrected chi connectivity index (χ3v) is 2.75. The molecule has 0 radical (unpaired) electrons. The zero-order valence-electron chi connectivity index (χ0n) is 11.8. The fraction of sp³-hybridized carbons (Fsp3) is 0.412. The summed E-state index contributed by atoms with van der Waals surface area (Å²) in [6.45, 7) is 5.38. The molecule has 0 amide bonds. The Morgan fingerprint density at radius 1 is 1.21 bits per heavy atom. The first-order valence-corrected chi connectivity index (χ1v) is 6.81. The van der Waals surface area contributed by atoms with Gasteiger partial charge in [-0.1, -0.05) is 61.6 Å². The molecule has 1 aromatic carbocycles. The van der Waals surface area contributed by atoms with Gasteiger partial charge in [-0.25, -0.2) is 0 Å². The number of hydrogen-bond donors (Lipinski definition) is 1. The zero-order valence-corrected chi connectivity index (χ0v) is 11.8. The molecule has 0 aliphatic carbocycles. The summed E-state index contributed by atoms with van der Waals surface area (Å²) in [7, 11) is 0. The lowest BCUT2D eigenvalue weighted by Crippen LogP contribution is -2.04. The van der Waals surface area contributed by atoms with Gasteiger partial charge < -0.3 is 9.84 Å². The Hall–Kier alpha value is -1.38. The molecule has 0 bridgehead atoms. The Bertz CT molecular complexity index is 382. The number of aliphatic hydroxyl groups is 1. The fourth-order valence-electron chi connectivity index (χ4n) is 1.74. The van der Waals surface area contributed by atoms with Crippen molar-refractivity contribution >= 4 is 0 Å². The third kappa shape index (κ3) is 7.60. The van der Waals surface area contributed by atoms with E-state index in [0.717, 1.165) is 0 Å². The standard InChI is InChI=1S/C17H24O2/c1-3-8-17(18)12-7-9-15(2)13-19-14-16-10-5-4-6-11-16/h3-11,15,17-18H,12-14H2,1-2H3/b8-3+,9-7-/t15-,17-/m1/s1. The molecular weight excluding hydrogens is 236 g/mol. The van der Waals surface area contributed by atoms with Gasteiger partial charge in [-0.2, -0.15) is 0 Å². The summed E-state index contributed by atoms with van der Waals surface area (Å²) in [5, 5.41) is 9.52. The molecule has 1 rings (SSSR count). The summed E-state index contributed by atoms with van der Waals surface area (Å²) in [5.41, 5.74) is 1.20. The van der Waals surface area contributed by atoms with Crippen molar-refractivity contribution in [3.05, 3.63) is 60.2 Å². The lowest BCUT2D eigenvalue weighted by molar-refractivity contribution is 0.104. The van der Waals surface area contributed by atoms with Crippen molar-refractivity contribution in [3.8, 4) is 0 Å². The monoisotopic (exact) mass is 260 g/mol. The highest BCUT2D eigenvalue weighted by Gasteiger charge is 1.99. The van der Waals surface area contributed by atoms with Crippen LogP contribution in [0.1, 0.15) is 25.8 Å². The Labute approximate surface area is 116 Å². The number of aliphatic hydroxyl groups excluding tert-OH is 1. The first kappa shape index (κ1) is 15.7. The SMILES string of the molecule is C/C=C/[C@@H](O)C/C=C\[C@@H](C)COCc1ccccc1. The highest BCUT2D eigenvalue weighted by molar-refractivity contribution is 5.13. The van der Waals surface area contributed by atoms with Crippen LogP contribution in [0.4, 0.5) is 0 Å². The van der Waals surface area contributed by atoms with E-state index in [1.54, 1.807) is 6.08 Å². The van der Waals surface area contributed by atoms with E-state index in [0.29, 0.717) is 25.6 Å². The number of allylic oxidation sites excluding steroid dienone is 1. The van der Waals surface area contributed by atoms with Crippen molar-refractivity contribution in [3.63, 3.8) is 0 Å². The minimum absolute atomic E-state index is 0.363. The molecule has 19 heavy (non-hydrogen) atoms. The van der Waals surface area contributed by atoms with Gasteiger partial charge in [0.1, 0.15) is 0 Å². The maximum atomic E-state index is 9.52. The molecule has 1 aromatic rings. The van der Waals surface area contributed by atoms with E-state index in [2.05, 4.69) is 25.1 Å². The molecule has 0 spiro atoms. The Morgan fingerprint density at radius 2 is 1.95 bits per heavy atom. The lowest BCUT2D eigenvalue weighted by Gasteiger charge is -2.08. The average Bonchev–Trinajstić information content (AvgIpc) is 2.40. The smallest absolute Gasteiger partial charge is 0.0755 e. The maximum Gasteiger partial charge on any atom is 0.0755 e. The van der Waals surface area contributed by atoms with Crippen molar-refractivity contribution in [1.82, 2.24) is 0 Å². The normalized spacial score (nSPS) is 15.1. The van der Waals surface area contributed by atoms with Crippen molar-refractivity contribution < 1.29 is 9.84 Å². The van der Waals surface area contributed by atoms with Crippen LogP contribution in [0.15, 0.2) is 54.6 Å². The molecule has 0 heterocycles. The van der Waals surface area contributed by atoms with Crippen LogP contribution < -0.4 is 0 Å². The van der Waals surface area contributed by atoms with E-state index in [4.69, 9.17) is 4.74 Å². The van der Waals surface area contributed by atoms with Gasteiger partial charge >= 0.3 is 0 Å². The van der Waals surface area contributed by atoms with Gasteiger partial charge in [0, 0.05) is 0 Å². The van der Waals surface area contributed by atoms with E-state index >= 15 is 0 Å². The van der Waals surface area contributed by atoms with Crippen LogP contribution in [0.5, 0.6) is 0 Å². The Balaban J connectivity index is 2.17. The van der Waals surface area contributed by atoms with Gasteiger partial charge in [0.25, 0.3) is 0 Å². The van der Waals surface area contributed by atoms with Gasteiger partial charge in [0.15, 0.2) is 0 Å². The molecular formula is C17H24O2. The molecule has 0 fully saturated rings. The number of ether oxygens (including phenoxy) is 1. The van der Waals surface area contributed by atoms with Gasteiger partial charge in [-0.05, 0) is 24.8 Å². The predicted octanol–water partition coefficient (Wildman–Crippen LogP) is 3.72. The second kappa shape index (κ2) is 9.54.